The summed E-state index contributed by atoms with van der Waals surface area (Å²) < 4.78 is 49.2. The third-order valence-corrected chi connectivity index (χ3v) is 5.48. The van der Waals surface area contributed by atoms with E-state index in [1.165, 1.54) is 7.11 Å². The topological polar surface area (TPSA) is 86.3 Å². The molecule has 1 aromatic carbocycles. The molecule has 32 heavy (non-hydrogen) atoms. The zero-order valence-electron chi connectivity index (χ0n) is 16.8. The molecular weight excluding hydrogens is 493 g/mol. The van der Waals surface area contributed by atoms with Gasteiger partial charge in [-0.3, -0.25) is 9.48 Å². The Morgan fingerprint density at radius 3 is 2.50 bits per heavy atom. The highest BCUT2D eigenvalue weighted by molar-refractivity contribution is 9.10. The molecule has 12 heteroatoms. The van der Waals surface area contributed by atoms with Crippen LogP contribution in [0.1, 0.15) is 21.7 Å². The molecule has 1 amide bonds. The number of fused-ring (bicyclic) bond motifs is 1. The first kappa shape index (κ1) is 21.8. The van der Waals surface area contributed by atoms with Crippen LogP contribution in [0.15, 0.2) is 47.2 Å². The van der Waals surface area contributed by atoms with Crippen molar-refractivity contribution >= 4 is 27.5 Å². The van der Waals surface area contributed by atoms with Crippen LogP contribution >= 0.6 is 15.9 Å². The minimum absolute atomic E-state index is 0.0522. The lowest BCUT2D eigenvalue weighted by molar-refractivity contribution is -0.142. The smallest absolute Gasteiger partial charge is 0.433 e. The lowest BCUT2D eigenvalue weighted by atomic mass is 10.1. The molecule has 0 unspecified atom stereocenters. The molecular formula is C20H16BrF3N6O2. The number of alkyl halides is 3. The second kappa shape index (κ2) is 8.26. The third kappa shape index (κ3) is 4.05. The summed E-state index contributed by atoms with van der Waals surface area (Å²) in [5.74, 6) is -0.0581. The Morgan fingerprint density at radius 1 is 1.19 bits per heavy atom. The second-order valence-electron chi connectivity index (χ2n) is 6.79. The number of halogens is 4. The molecule has 0 aliphatic carbocycles. The van der Waals surface area contributed by atoms with E-state index in [-0.39, 0.29) is 23.4 Å². The molecule has 0 bridgehead atoms. The van der Waals surface area contributed by atoms with E-state index in [1.54, 1.807) is 42.2 Å². The number of methoxy groups -OCH3 is 1. The Bertz CT molecular complexity index is 1280. The maximum absolute atomic E-state index is 13.7. The first-order valence-corrected chi connectivity index (χ1v) is 10.0. The Labute approximate surface area is 188 Å². The monoisotopic (exact) mass is 508 g/mol. The zero-order valence-corrected chi connectivity index (χ0v) is 18.4. The SMILES string of the molecule is COc1ccc(-c2cc(C(F)(F)F)n3ncc(C(=O)NCc4c(Br)cnn4C)c3n2)cc1. The molecule has 1 N–H and O–H groups in total. The number of hydrogen-bond acceptors (Lipinski definition) is 5. The minimum atomic E-state index is -4.71. The Hall–Kier alpha value is -3.41. The number of nitrogens with one attached hydrogen (secondary N) is 1. The van der Waals surface area contributed by atoms with Gasteiger partial charge in [-0.05, 0) is 46.3 Å². The lowest BCUT2D eigenvalue weighted by Crippen LogP contribution is -2.24. The average Bonchev–Trinajstić information content (AvgIpc) is 3.33. The maximum Gasteiger partial charge on any atom is 0.433 e. The van der Waals surface area contributed by atoms with E-state index >= 15 is 0 Å². The Morgan fingerprint density at radius 2 is 1.91 bits per heavy atom. The quantitative estimate of drug-likeness (QED) is 0.442. The van der Waals surface area contributed by atoms with Gasteiger partial charge in [-0.1, -0.05) is 0 Å². The van der Waals surface area contributed by atoms with E-state index in [4.69, 9.17) is 4.74 Å². The number of nitrogens with zero attached hydrogens (tertiary/aromatic N) is 5. The first-order valence-electron chi connectivity index (χ1n) is 9.24. The number of aromatic nitrogens is 5. The molecule has 0 fully saturated rings. The first-order chi connectivity index (χ1) is 15.2. The summed E-state index contributed by atoms with van der Waals surface area (Å²) >= 11 is 3.34. The molecule has 0 aliphatic heterocycles. The molecule has 4 rings (SSSR count). The van der Waals surface area contributed by atoms with Crippen LogP contribution in [0.3, 0.4) is 0 Å². The van der Waals surface area contributed by atoms with Crippen molar-refractivity contribution in [2.75, 3.05) is 7.11 Å². The predicted octanol–water partition coefficient (Wildman–Crippen LogP) is 3.85. The number of carbonyl (C=O) groups is 1. The van der Waals surface area contributed by atoms with Gasteiger partial charge >= 0.3 is 6.18 Å². The van der Waals surface area contributed by atoms with Crippen LogP contribution in [-0.2, 0) is 19.8 Å². The summed E-state index contributed by atoms with van der Waals surface area (Å²) in [6.45, 7) is 0.109. The molecule has 0 atom stereocenters. The number of benzene rings is 1. The van der Waals surface area contributed by atoms with Crippen LogP contribution in [0.25, 0.3) is 16.9 Å². The maximum atomic E-state index is 13.7. The average molecular weight is 509 g/mol. The summed E-state index contributed by atoms with van der Waals surface area (Å²) in [5, 5.41) is 10.5. The number of hydrogen-bond donors (Lipinski definition) is 1. The predicted molar refractivity (Wildman–Crippen MR) is 112 cm³/mol. The number of aryl methyl sites for hydroxylation is 1. The summed E-state index contributed by atoms with van der Waals surface area (Å²) in [4.78, 5) is 17.1. The van der Waals surface area contributed by atoms with Gasteiger partial charge in [0.1, 0.15) is 11.3 Å². The fourth-order valence-corrected chi connectivity index (χ4v) is 3.62. The molecule has 0 saturated heterocycles. The lowest BCUT2D eigenvalue weighted by Gasteiger charge is -2.12. The van der Waals surface area contributed by atoms with Gasteiger partial charge in [0.2, 0.25) is 0 Å². The molecule has 4 aromatic rings. The largest absolute Gasteiger partial charge is 0.497 e. The highest BCUT2D eigenvalue weighted by atomic mass is 79.9. The number of carbonyl (C=O) groups excluding carboxylic acids is 1. The van der Waals surface area contributed by atoms with Gasteiger partial charge in [0, 0.05) is 12.6 Å². The summed E-state index contributed by atoms with van der Waals surface area (Å²) in [6.07, 6.45) is -2.06. The van der Waals surface area contributed by atoms with Crippen molar-refractivity contribution < 1.29 is 22.7 Å². The number of ether oxygens (including phenoxy) is 1. The van der Waals surface area contributed by atoms with E-state index in [1.807, 2.05) is 0 Å². The summed E-state index contributed by atoms with van der Waals surface area (Å²) in [7, 11) is 3.20. The molecule has 0 saturated carbocycles. The fraction of sp³-hybridized carbons (Fsp3) is 0.200. The van der Waals surface area contributed by atoms with Gasteiger partial charge in [-0.15, -0.1) is 0 Å². The molecule has 3 heterocycles. The standard InChI is InChI=1S/C20H16BrF3N6O2/c1-29-16(14(21)9-26-29)10-25-19(31)13-8-27-30-17(20(22,23)24)7-15(28-18(13)30)11-3-5-12(32-2)6-4-11/h3-9H,10H2,1-2H3,(H,25,31). The van der Waals surface area contributed by atoms with Gasteiger partial charge in [-0.25, -0.2) is 9.50 Å². The molecule has 0 spiro atoms. The van der Waals surface area contributed by atoms with Gasteiger partial charge in [0.15, 0.2) is 11.3 Å². The minimum Gasteiger partial charge on any atom is -0.497 e. The summed E-state index contributed by atoms with van der Waals surface area (Å²) in [6, 6.07) is 7.31. The third-order valence-electron chi connectivity index (χ3n) is 4.82. The van der Waals surface area contributed by atoms with Gasteiger partial charge in [0.05, 0.1) is 41.9 Å². The zero-order chi connectivity index (χ0) is 23.0. The second-order valence-corrected chi connectivity index (χ2v) is 7.65. The van der Waals surface area contributed by atoms with Crippen molar-refractivity contribution in [3.8, 4) is 17.0 Å². The molecule has 166 valence electrons. The van der Waals surface area contributed by atoms with E-state index in [2.05, 4.69) is 36.4 Å². The van der Waals surface area contributed by atoms with E-state index in [0.29, 0.717) is 26.0 Å². The van der Waals surface area contributed by atoms with Crippen molar-refractivity contribution in [2.45, 2.75) is 12.7 Å². The van der Waals surface area contributed by atoms with Crippen molar-refractivity contribution in [1.82, 2.24) is 29.7 Å². The van der Waals surface area contributed by atoms with Crippen LogP contribution in [-0.4, -0.2) is 37.4 Å². The van der Waals surface area contributed by atoms with E-state index in [9.17, 15) is 18.0 Å². The van der Waals surface area contributed by atoms with Crippen molar-refractivity contribution in [1.29, 1.82) is 0 Å². The van der Waals surface area contributed by atoms with Crippen LogP contribution in [0.4, 0.5) is 13.2 Å². The van der Waals surface area contributed by atoms with Crippen molar-refractivity contribution in [2.24, 2.45) is 7.05 Å². The van der Waals surface area contributed by atoms with Gasteiger partial charge in [0.25, 0.3) is 5.91 Å². The van der Waals surface area contributed by atoms with Gasteiger partial charge < -0.3 is 10.1 Å². The molecule has 0 radical (unpaired) electrons. The molecule has 3 aromatic heterocycles. The van der Waals surface area contributed by atoms with Crippen molar-refractivity contribution in [3.05, 3.63) is 64.1 Å². The summed E-state index contributed by atoms with van der Waals surface area (Å²) in [5.41, 5.74) is -0.141. The molecule has 8 nitrogen and oxygen atoms in total. The van der Waals surface area contributed by atoms with E-state index < -0.39 is 17.8 Å². The van der Waals surface area contributed by atoms with Gasteiger partial charge in [-0.2, -0.15) is 23.4 Å². The van der Waals surface area contributed by atoms with E-state index in [0.717, 1.165) is 12.3 Å². The number of amides is 1. The van der Waals surface area contributed by atoms with Crippen LogP contribution < -0.4 is 10.1 Å². The fourth-order valence-electron chi connectivity index (χ4n) is 3.13. The normalized spacial score (nSPS) is 11.7. The number of rotatable bonds is 5. The Kier molecular flexibility index (Phi) is 5.63. The van der Waals surface area contributed by atoms with Crippen LogP contribution in [0, 0.1) is 0 Å². The molecule has 0 aliphatic rings. The van der Waals surface area contributed by atoms with Crippen LogP contribution in [0.5, 0.6) is 5.75 Å². The Balaban J connectivity index is 1.76. The van der Waals surface area contributed by atoms with Crippen LogP contribution in [0.2, 0.25) is 0 Å². The highest BCUT2D eigenvalue weighted by Crippen LogP contribution is 2.33. The highest BCUT2D eigenvalue weighted by Gasteiger charge is 2.36. The van der Waals surface area contributed by atoms with Crippen molar-refractivity contribution in [3.63, 3.8) is 0 Å².